The van der Waals surface area contributed by atoms with Crippen LogP contribution in [0.4, 0.5) is 19.0 Å². The molecule has 6 nitrogen and oxygen atoms in total. The average molecular weight is 324 g/mol. The number of H-pyrrole nitrogens is 1. The summed E-state index contributed by atoms with van der Waals surface area (Å²) in [6, 6.07) is 5.06. The number of aromatic amines is 1. The van der Waals surface area contributed by atoms with Crippen molar-refractivity contribution in [3.05, 3.63) is 47.4 Å². The van der Waals surface area contributed by atoms with Crippen LogP contribution in [0.2, 0.25) is 0 Å². The van der Waals surface area contributed by atoms with Crippen LogP contribution < -0.4 is 16.4 Å². The number of nitrogens with one attached hydrogen (secondary N) is 3. The first-order valence-corrected chi connectivity index (χ1v) is 6.84. The molecule has 0 aliphatic carbocycles. The molecule has 0 bridgehead atoms. The summed E-state index contributed by atoms with van der Waals surface area (Å²) in [6.07, 6.45) is -1.20. The first kappa shape index (κ1) is 15.3. The van der Waals surface area contributed by atoms with Crippen LogP contribution >= 0.6 is 0 Å². The zero-order valence-corrected chi connectivity index (χ0v) is 12.2. The van der Waals surface area contributed by atoms with Gasteiger partial charge in [0.15, 0.2) is 5.79 Å². The molecule has 0 radical (unpaired) electrons. The third kappa shape index (κ3) is 3.14. The highest BCUT2D eigenvalue weighted by atomic mass is 19.4. The summed E-state index contributed by atoms with van der Waals surface area (Å²) in [4.78, 5) is 10.6. The van der Waals surface area contributed by atoms with E-state index in [1.54, 1.807) is 37.5 Å². The Hall–Kier alpha value is -2.55. The number of fused-ring (bicyclic) bond motifs is 1. The molecule has 1 aliphatic heterocycles. The number of aryl methyl sites for hydroxylation is 1. The molecule has 3 heterocycles. The summed E-state index contributed by atoms with van der Waals surface area (Å²) >= 11 is 0. The Morgan fingerprint density at radius 1 is 1.30 bits per heavy atom. The topological polar surface area (TPSA) is 91.1 Å². The molecule has 0 saturated carbocycles. The number of anilines is 1. The fourth-order valence-electron chi connectivity index (χ4n) is 2.38. The van der Waals surface area contributed by atoms with Gasteiger partial charge in [0.1, 0.15) is 18.2 Å². The second kappa shape index (κ2) is 5.27. The first-order chi connectivity index (χ1) is 10.8. The van der Waals surface area contributed by atoms with Crippen LogP contribution in [-0.2, 0) is 5.79 Å². The SMILES string of the molecule is Cc1cc(C2(N)NC(=NCC(F)(F)F)c3cc[nH]c3N2)ccn1. The largest absolute Gasteiger partial charge is 0.408 e. The van der Waals surface area contributed by atoms with E-state index in [0.717, 1.165) is 5.69 Å². The van der Waals surface area contributed by atoms with Gasteiger partial charge in [-0.1, -0.05) is 0 Å². The van der Waals surface area contributed by atoms with Gasteiger partial charge in [-0.3, -0.25) is 15.7 Å². The fraction of sp³-hybridized carbons (Fsp3) is 0.286. The molecule has 9 heteroatoms. The maximum atomic E-state index is 12.5. The fourth-order valence-corrected chi connectivity index (χ4v) is 2.38. The zero-order chi connectivity index (χ0) is 16.7. The van der Waals surface area contributed by atoms with Crippen molar-refractivity contribution in [2.75, 3.05) is 11.9 Å². The van der Waals surface area contributed by atoms with Gasteiger partial charge < -0.3 is 15.6 Å². The third-order valence-corrected chi connectivity index (χ3v) is 3.41. The molecule has 122 valence electrons. The van der Waals surface area contributed by atoms with E-state index in [1.807, 2.05) is 0 Å². The predicted octanol–water partition coefficient (Wildman–Crippen LogP) is 1.81. The maximum Gasteiger partial charge on any atom is 0.408 e. The van der Waals surface area contributed by atoms with Crippen LogP contribution in [0.5, 0.6) is 0 Å². The molecule has 0 saturated heterocycles. The van der Waals surface area contributed by atoms with Crippen molar-refractivity contribution in [3.8, 4) is 0 Å². The monoisotopic (exact) mass is 324 g/mol. The molecule has 1 atom stereocenters. The number of nitrogens with two attached hydrogens (primary N) is 1. The summed E-state index contributed by atoms with van der Waals surface area (Å²) in [5.41, 5.74) is 8.19. The van der Waals surface area contributed by atoms with Crippen molar-refractivity contribution < 1.29 is 13.2 Å². The number of hydrogen-bond donors (Lipinski definition) is 4. The van der Waals surface area contributed by atoms with Crippen LogP contribution in [0.25, 0.3) is 0 Å². The highest BCUT2D eigenvalue weighted by Crippen LogP contribution is 2.27. The van der Waals surface area contributed by atoms with E-state index in [0.29, 0.717) is 16.9 Å². The molecule has 3 rings (SSSR count). The molecule has 23 heavy (non-hydrogen) atoms. The van der Waals surface area contributed by atoms with Gasteiger partial charge in [-0.2, -0.15) is 13.2 Å². The predicted molar refractivity (Wildman–Crippen MR) is 79.8 cm³/mol. The Labute approximate surface area is 130 Å². The Bertz CT molecular complexity index is 751. The Balaban J connectivity index is 2.00. The number of halogens is 3. The van der Waals surface area contributed by atoms with Crippen LogP contribution in [-0.4, -0.2) is 28.5 Å². The maximum absolute atomic E-state index is 12.5. The van der Waals surface area contributed by atoms with Crippen molar-refractivity contribution in [1.29, 1.82) is 0 Å². The average Bonchev–Trinajstić information content (AvgIpc) is 2.92. The Kier molecular flexibility index (Phi) is 3.52. The molecule has 1 aliphatic rings. The van der Waals surface area contributed by atoms with Crippen molar-refractivity contribution in [2.45, 2.75) is 18.9 Å². The number of aromatic nitrogens is 2. The van der Waals surface area contributed by atoms with Gasteiger partial charge in [-0.05, 0) is 25.1 Å². The minimum atomic E-state index is -4.39. The lowest BCUT2D eigenvalue weighted by atomic mass is 10.0. The normalized spacial score (nSPS) is 22.4. The molecule has 2 aromatic heterocycles. The summed E-state index contributed by atoms with van der Waals surface area (Å²) in [5.74, 6) is -0.716. The van der Waals surface area contributed by atoms with Gasteiger partial charge in [0, 0.05) is 23.7 Å². The van der Waals surface area contributed by atoms with Crippen LogP contribution in [0.3, 0.4) is 0 Å². The van der Waals surface area contributed by atoms with E-state index in [9.17, 15) is 13.2 Å². The lowest BCUT2D eigenvalue weighted by molar-refractivity contribution is -0.118. The van der Waals surface area contributed by atoms with Crippen molar-refractivity contribution in [1.82, 2.24) is 15.3 Å². The third-order valence-electron chi connectivity index (χ3n) is 3.41. The molecular weight excluding hydrogens is 309 g/mol. The number of amidine groups is 1. The van der Waals surface area contributed by atoms with Crippen LogP contribution in [0.1, 0.15) is 16.8 Å². The summed E-state index contributed by atoms with van der Waals surface area (Å²) < 4.78 is 37.4. The van der Waals surface area contributed by atoms with Gasteiger partial charge >= 0.3 is 6.18 Å². The highest BCUT2D eigenvalue weighted by Gasteiger charge is 2.36. The first-order valence-electron chi connectivity index (χ1n) is 6.84. The quantitative estimate of drug-likeness (QED) is 0.678. The number of rotatable bonds is 2. The van der Waals surface area contributed by atoms with E-state index in [2.05, 4.69) is 25.6 Å². The number of alkyl halides is 3. The number of pyridine rings is 1. The van der Waals surface area contributed by atoms with Gasteiger partial charge in [0.05, 0.1) is 5.56 Å². The van der Waals surface area contributed by atoms with Gasteiger partial charge in [0.2, 0.25) is 0 Å². The van der Waals surface area contributed by atoms with Crippen molar-refractivity contribution in [2.24, 2.45) is 10.7 Å². The molecule has 2 aromatic rings. The number of nitrogens with zero attached hydrogens (tertiary/aromatic N) is 2. The van der Waals surface area contributed by atoms with E-state index >= 15 is 0 Å². The minimum absolute atomic E-state index is 0.0780. The molecular formula is C14H15F3N6. The summed E-state index contributed by atoms with van der Waals surface area (Å²) in [6.45, 7) is 0.514. The van der Waals surface area contributed by atoms with Gasteiger partial charge in [-0.25, -0.2) is 0 Å². The summed E-state index contributed by atoms with van der Waals surface area (Å²) in [5, 5.41) is 5.90. The zero-order valence-electron chi connectivity index (χ0n) is 12.2. The van der Waals surface area contributed by atoms with Gasteiger partial charge in [-0.15, -0.1) is 0 Å². The second-order valence-electron chi connectivity index (χ2n) is 5.29. The Morgan fingerprint density at radius 2 is 2.09 bits per heavy atom. The van der Waals surface area contributed by atoms with Crippen LogP contribution in [0.15, 0.2) is 35.6 Å². The lowest BCUT2D eigenvalue weighted by Gasteiger charge is -2.37. The van der Waals surface area contributed by atoms with Crippen LogP contribution in [0, 0.1) is 6.92 Å². The molecule has 0 amide bonds. The smallest absolute Gasteiger partial charge is 0.348 e. The Morgan fingerprint density at radius 3 is 2.78 bits per heavy atom. The molecule has 0 aromatic carbocycles. The van der Waals surface area contributed by atoms with Gasteiger partial charge in [0.25, 0.3) is 0 Å². The van der Waals surface area contributed by atoms with E-state index in [4.69, 9.17) is 5.73 Å². The minimum Gasteiger partial charge on any atom is -0.348 e. The molecule has 0 fully saturated rings. The number of aliphatic imine (C=N–C) groups is 1. The highest BCUT2D eigenvalue weighted by molar-refractivity contribution is 6.05. The van der Waals surface area contributed by atoms with Crippen molar-refractivity contribution >= 4 is 11.7 Å². The standard InChI is InChI=1S/C14H15F3N6/c1-8-6-9(2-4-19-8)14(18)22-11-10(3-5-20-11)12(23-14)21-7-13(15,16)17/h2-6,20,22H,7,18H2,1H3,(H,21,23). The molecule has 0 spiro atoms. The number of hydrogen-bond acceptors (Lipinski definition) is 4. The van der Waals surface area contributed by atoms with E-state index in [1.165, 1.54) is 0 Å². The van der Waals surface area contributed by atoms with E-state index < -0.39 is 18.5 Å². The molecule has 5 N–H and O–H groups in total. The second-order valence-corrected chi connectivity index (χ2v) is 5.29. The van der Waals surface area contributed by atoms with E-state index in [-0.39, 0.29) is 5.84 Å². The lowest BCUT2D eigenvalue weighted by Crippen LogP contribution is -2.61. The summed E-state index contributed by atoms with van der Waals surface area (Å²) in [7, 11) is 0. The van der Waals surface area contributed by atoms with Crippen molar-refractivity contribution in [3.63, 3.8) is 0 Å². The molecule has 1 unspecified atom stereocenters.